The van der Waals surface area contributed by atoms with Gasteiger partial charge in [0.2, 0.25) is 0 Å². The summed E-state index contributed by atoms with van der Waals surface area (Å²) < 4.78 is 16.1. The highest BCUT2D eigenvalue weighted by Crippen LogP contribution is 2.34. The van der Waals surface area contributed by atoms with E-state index in [2.05, 4.69) is 17.6 Å². The van der Waals surface area contributed by atoms with Crippen LogP contribution in [0.5, 0.6) is 11.5 Å². The van der Waals surface area contributed by atoms with E-state index < -0.39 is 12.0 Å². The molecule has 2 rings (SSSR count). The second kappa shape index (κ2) is 8.71. The molecule has 1 aliphatic rings. The Bertz CT molecular complexity index is 688. The summed E-state index contributed by atoms with van der Waals surface area (Å²) in [5.74, 6) is 0.880. The van der Waals surface area contributed by atoms with Crippen LogP contribution < -0.4 is 20.1 Å². The van der Waals surface area contributed by atoms with Gasteiger partial charge in [-0.3, -0.25) is 0 Å². The smallest absolute Gasteiger partial charge is 0.337 e. The van der Waals surface area contributed by atoms with E-state index in [9.17, 15) is 4.79 Å². The lowest BCUT2D eigenvalue weighted by Gasteiger charge is -2.30. The summed E-state index contributed by atoms with van der Waals surface area (Å²) in [7, 11) is 2.95. The zero-order valence-electron chi connectivity index (χ0n) is 15.0. The Morgan fingerprint density at radius 1 is 1.28 bits per heavy atom. The number of unbranched alkanes of at least 4 members (excludes halogenated alkanes) is 1. The lowest BCUT2D eigenvalue weighted by molar-refractivity contribution is -0.136. The monoisotopic (exact) mass is 364 g/mol. The normalized spacial score (nSPS) is 16.8. The number of hydrogen-bond acceptors (Lipinski definition) is 5. The van der Waals surface area contributed by atoms with Gasteiger partial charge in [0.25, 0.3) is 0 Å². The molecule has 1 aromatic rings. The van der Waals surface area contributed by atoms with Crippen molar-refractivity contribution in [1.82, 2.24) is 10.6 Å². The van der Waals surface area contributed by atoms with Crippen molar-refractivity contribution in [2.24, 2.45) is 0 Å². The number of thiocarbonyl (C=S) groups is 1. The zero-order chi connectivity index (χ0) is 18.4. The standard InChI is InChI=1S/C18H24N2O4S/c1-5-6-9-24-13-8-7-12(10-14(13)22-3)16-15(17(21)23-4)11(2)19-18(25)20-16/h7-8,10,16H,5-6,9H2,1-4H3,(H2,19,20,25)/t16-/m1/s1. The Morgan fingerprint density at radius 3 is 2.68 bits per heavy atom. The van der Waals surface area contributed by atoms with Crippen molar-refractivity contribution in [2.45, 2.75) is 32.7 Å². The predicted octanol–water partition coefficient (Wildman–Crippen LogP) is 2.84. The SMILES string of the molecule is CCCCOc1ccc([C@H]2NC(=S)NC(C)=C2C(=O)OC)cc1OC. The molecule has 2 N–H and O–H groups in total. The summed E-state index contributed by atoms with van der Waals surface area (Å²) in [6.07, 6.45) is 2.03. The Kier molecular flexibility index (Phi) is 6.64. The molecule has 0 saturated carbocycles. The lowest BCUT2D eigenvalue weighted by atomic mass is 9.95. The van der Waals surface area contributed by atoms with Crippen molar-refractivity contribution in [3.05, 3.63) is 35.0 Å². The predicted molar refractivity (Wildman–Crippen MR) is 99.7 cm³/mol. The molecule has 136 valence electrons. The maximum Gasteiger partial charge on any atom is 0.337 e. The van der Waals surface area contributed by atoms with E-state index in [-0.39, 0.29) is 0 Å². The topological polar surface area (TPSA) is 68.8 Å². The van der Waals surface area contributed by atoms with E-state index >= 15 is 0 Å². The molecule has 1 aromatic carbocycles. The summed E-state index contributed by atoms with van der Waals surface area (Å²) in [6.45, 7) is 4.54. The van der Waals surface area contributed by atoms with Crippen LogP contribution in [0, 0.1) is 0 Å². The molecule has 0 saturated heterocycles. The van der Waals surface area contributed by atoms with Gasteiger partial charge >= 0.3 is 5.97 Å². The molecule has 0 spiro atoms. The fraction of sp³-hybridized carbons (Fsp3) is 0.444. The minimum atomic E-state index is -0.417. The Labute approximate surface area is 153 Å². The average molecular weight is 364 g/mol. The van der Waals surface area contributed by atoms with Crippen molar-refractivity contribution < 1.29 is 19.0 Å². The third-order valence-corrected chi connectivity index (χ3v) is 4.17. The maximum absolute atomic E-state index is 12.2. The van der Waals surface area contributed by atoms with Gasteiger partial charge in [0, 0.05) is 5.70 Å². The number of allylic oxidation sites excluding steroid dienone is 1. The summed E-state index contributed by atoms with van der Waals surface area (Å²) in [4.78, 5) is 12.2. The number of ether oxygens (including phenoxy) is 3. The molecule has 0 fully saturated rings. The summed E-state index contributed by atoms with van der Waals surface area (Å²) in [5, 5.41) is 6.53. The van der Waals surface area contributed by atoms with Gasteiger partial charge in [0.05, 0.1) is 32.4 Å². The largest absolute Gasteiger partial charge is 0.493 e. The van der Waals surface area contributed by atoms with Crippen LogP contribution in [0.1, 0.15) is 38.3 Å². The van der Waals surface area contributed by atoms with Crippen LogP contribution in [0.3, 0.4) is 0 Å². The molecule has 0 bridgehead atoms. The molecule has 6 nitrogen and oxygen atoms in total. The quantitative estimate of drug-likeness (QED) is 0.438. The second-order valence-electron chi connectivity index (χ2n) is 5.67. The molecule has 1 atom stereocenters. The molecule has 25 heavy (non-hydrogen) atoms. The minimum Gasteiger partial charge on any atom is -0.493 e. The van der Waals surface area contributed by atoms with Gasteiger partial charge in [0.1, 0.15) is 0 Å². The Morgan fingerprint density at radius 2 is 2.04 bits per heavy atom. The van der Waals surface area contributed by atoms with Gasteiger partial charge in [-0.2, -0.15) is 0 Å². The van der Waals surface area contributed by atoms with E-state index in [1.807, 2.05) is 18.2 Å². The fourth-order valence-electron chi connectivity index (χ4n) is 2.63. The number of esters is 1. The van der Waals surface area contributed by atoms with Crippen molar-refractivity contribution in [2.75, 3.05) is 20.8 Å². The lowest BCUT2D eigenvalue weighted by Crippen LogP contribution is -2.45. The second-order valence-corrected chi connectivity index (χ2v) is 6.08. The molecule has 0 amide bonds. The van der Waals surface area contributed by atoms with E-state index in [4.69, 9.17) is 26.4 Å². The third kappa shape index (κ3) is 4.42. The van der Waals surface area contributed by atoms with Crippen molar-refractivity contribution in [1.29, 1.82) is 0 Å². The first-order valence-electron chi connectivity index (χ1n) is 8.19. The van der Waals surface area contributed by atoms with Gasteiger partial charge in [-0.05, 0) is 43.3 Å². The molecular weight excluding hydrogens is 340 g/mol. The highest BCUT2D eigenvalue weighted by molar-refractivity contribution is 7.80. The van der Waals surface area contributed by atoms with Crippen molar-refractivity contribution in [3.8, 4) is 11.5 Å². The van der Waals surface area contributed by atoms with Crippen molar-refractivity contribution >= 4 is 23.3 Å². The number of benzene rings is 1. The summed E-state index contributed by atoms with van der Waals surface area (Å²) >= 11 is 5.23. The Balaban J connectivity index is 2.36. The first kappa shape index (κ1) is 19.1. The van der Waals surface area contributed by atoms with E-state index in [0.29, 0.717) is 34.5 Å². The van der Waals surface area contributed by atoms with Crippen LogP contribution in [-0.2, 0) is 9.53 Å². The highest BCUT2D eigenvalue weighted by atomic mass is 32.1. The zero-order valence-corrected chi connectivity index (χ0v) is 15.8. The summed E-state index contributed by atoms with van der Waals surface area (Å²) in [5.41, 5.74) is 1.99. The van der Waals surface area contributed by atoms with Crippen LogP contribution >= 0.6 is 12.2 Å². The van der Waals surface area contributed by atoms with Crippen molar-refractivity contribution in [3.63, 3.8) is 0 Å². The van der Waals surface area contributed by atoms with Gasteiger partial charge in [-0.15, -0.1) is 0 Å². The number of rotatable bonds is 7. The van der Waals surface area contributed by atoms with Crippen LogP contribution in [-0.4, -0.2) is 31.9 Å². The highest BCUT2D eigenvalue weighted by Gasteiger charge is 2.31. The maximum atomic E-state index is 12.2. The van der Waals surface area contributed by atoms with E-state index in [1.54, 1.807) is 14.0 Å². The molecule has 0 radical (unpaired) electrons. The van der Waals surface area contributed by atoms with Gasteiger partial charge in [-0.25, -0.2) is 4.79 Å². The molecule has 0 aliphatic carbocycles. The average Bonchev–Trinajstić information content (AvgIpc) is 2.60. The third-order valence-electron chi connectivity index (χ3n) is 3.95. The molecule has 1 aliphatic heterocycles. The molecular formula is C18H24N2O4S. The molecule has 1 heterocycles. The van der Waals surface area contributed by atoms with E-state index in [1.165, 1.54) is 7.11 Å². The van der Waals surface area contributed by atoms with E-state index in [0.717, 1.165) is 18.4 Å². The Hall–Kier alpha value is -2.28. The first-order chi connectivity index (χ1) is 12.0. The number of carbonyl (C=O) groups is 1. The molecule has 0 aromatic heterocycles. The molecule has 0 unspecified atom stereocenters. The summed E-state index contributed by atoms with van der Waals surface area (Å²) in [6, 6.07) is 5.18. The van der Waals surface area contributed by atoms with Gasteiger partial charge in [-0.1, -0.05) is 19.4 Å². The molecule has 7 heteroatoms. The van der Waals surface area contributed by atoms with Crippen LogP contribution in [0.4, 0.5) is 0 Å². The number of hydrogen-bond donors (Lipinski definition) is 2. The number of nitrogens with one attached hydrogen (secondary N) is 2. The van der Waals surface area contributed by atoms with Crippen LogP contribution in [0.25, 0.3) is 0 Å². The fourth-order valence-corrected chi connectivity index (χ4v) is 2.90. The van der Waals surface area contributed by atoms with Crippen LogP contribution in [0.2, 0.25) is 0 Å². The number of carbonyl (C=O) groups excluding carboxylic acids is 1. The van der Waals surface area contributed by atoms with Crippen LogP contribution in [0.15, 0.2) is 29.5 Å². The minimum absolute atomic E-state index is 0.410. The first-order valence-corrected chi connectivity index (χ1v) is 8.60. The number of methoxy groups -OCH3 is 2. The van der Waals surface area contributed by atoms with Gasteiger partial charge < -0.3 is 24.8 Å². The van der Waals surface area contributed by atoms with Gasteiger partial charge in [0.15, 0.2) is 16.6 Å².